The summed E-state index contributed by atoms with van der Waals surface area (Å²) >= 11 is 0. The Kier molecular flexibility index (Phi) is 17.7. The Morgan fingerprint density at radius 2 is 1.00 bits per heavy atom. The third-order valence-electron chi connectivity index (χ3n) is 14.6. The lowest BCUT2D eigenvalue weighted by molar-refractivity contribution is -0.119. The molecule has 6 nitrogen and oxygen atoms in total. The maximum Gasteiger partial charge on any atom is 0.220 e. The van der Waals surface area contributed by atoms with E-state index < -0.39 is 0 Å². The van der Waals surface area contributed by atoms with E-state index in [-0.39, 0.29) is 45.8 Å². The maximum absolute atomic E-state index is 11.5. The van der Waals surface area contributed by atoms with Gasteiger partial charge in [0.05, 0.1) is 18.2 Å². The number of ether oxygens (including phenoxy) is 1. The van der Waals surface area contributed by atoms with Gasteiger partial charge in [-0.1, -0.05) is 130 Å². The molecule has 1 fully saturated rings. The van der Waals surface area contributed by atoms with Gasteiger partial charge >= 0.3 is 0 Å². The van der Waals surface area contributed by atoms with Crippen LogP contribution < -0.4 is 10.1 Å². The van der Waals surface area contributed by atoms with Crippen molar-refractivity contribution in [2.45, 2.75) is 190 Å². The zero-order valence-corrected chi connectivity index (χ0v) is 41.6. The molecule has 6 heteroatoms. The number of rotatable bonds is 17. The van der Waals surface area contributed by atoms with Gasteiger partial charge in [0.25, 0.3) is 0 Å². The number of phenols is 1. The highest BCUT2D eigenvalue weighted by molar-refractivity contribution is 5.78. The molecule has 0 radical (unpaired) electrons. The summed E-state index contributed by atoms with van der Waals surface area (Å²) in [7, 11) is 0. The fourth-order valence-electron chi connectivity index (χ4n) is 9.52. The van der Waals surface area contributed by atoms with Gasteiger partial charge in [0.2, 0.25) is 5.91 Å². The molecule has 3 atom stereocenters. The molecule has 1 aliphatic heterocycles. The summed E-state index contributed by atoms with van der Waals surface area (Å²) in [5.41, 5.74) is 12.3. The van der Waals surface area contributed by atoms with Gasteiger partial charge in [0, 0.05) is 17.3 Å². The minimum atomic E-state index is -0.305. The summed E-state index contributed by atoms with van der Waals surface area (Å²) < 4.78 is 6.08. The van der Waals surface area contributed by atoms with E-state index in [1.165, 1.54) is 44.5 Å². The molecule has 0 spiro atoms. The van der Waals surface area contributed by atoms with E-state index in [0.29, 0.717) is 18.8 Å². The lowest BCUT2D eigenvalue weighted by atomic mass is 9.69. The predicted octanol–water partition coefficient (Wildman–Crippen LogP) is 12.9. The highest BCUT2D eigenvalue weighted by atomic mass is 16.5. The monoisotopic (exact) mass is 862 g/mol. The zero-order valence-electron chi connectivity index (χ0n) is 41.6. The Labute approximate surface area is 382 Å². The minimum absolute atomic E-state index is 0.0489. The van der Waals surface area contributed by atoms with E-state index in [4.69, 9.17) is 4.74 Å². The number of aliphatic hydroxyl groups excluding tert-OH is 2. The first-order chi connectivity index (χ1) is 29.5. The normalized spacial score (nSPS) is 15.7. The van der Waals surface area contributed by atoms with E-state index >= 15 is 0 Å². The van der Waals surface area contributed by atoms with Crippen LogP contribution in [0.4, 0.5) is 0 Å². The minimum Gasteiger partial charge on any atom is -0.508 e. The molecule has 0 aliphatic carbocycles. The Morgan fingerprint density at radius 3 is 1.35 bits per heavy atom. The summed E-state index contributed by atoms with van der Waals surface area (Å²) in [5, 5.41) is 33.8. The van der Waals surface area contributed by atoms with Gasteiger partial charge in [-0.3, -0.25) is 4.79 Å². The number of carbonyl (C=O) groups is 1. The van der Waals surface area contributed by atoms with Gasteiger partial charge in [-0.05, 0) is 164 Å². The second-order valence-electron chi connectivity index (χ2n) is 20.8. The molecule has 1 amide bonds. The van der Waals surface area contributed by atoms with Crippen LogP contribution in [0.5, 0.6) is 11.5 Å². The largest absolute Gasteiger partial charge is 0.508 e. The second-order valence-corrected chi connectivity index (χ2v) is 20.8. The molecule has 5 rings (SSSR count). The average Bonchev–Trinajstić information content (AvgIpc) is 3.66. The Balaban J connectivity index is 0.000000284. The van der Waals surface area contributed by atoms with Crippen LogP contribution in [-0.4, -0.2) is 46.1 Å². The highest BCUT2D eigenvalue weighted by Gasteiger charge is 2.33. The molecular weight excluding hydrogens is 779 g/mol. The lowest BCUT2D eigenvalue weighted by Crippen LogP contribution is -2.31. The molecule has 4 aromatic carbocycles. The van der Waals surface area contributed by atoms with Crippen molar-refractivity contribution in [1.29, 1.82) is 0 Å². The lowest BCUT2D eigenvalue weighted by Gasteiger charge is -2.34. The van der Waals surface area contributed by atoms with Crippen molar-refractivity contribution >= 4 is 5.91 Å². The van der Waals surface area contributed by atoms with E-state index in [1.807, 2.05) is 13.0 Å². The molecule has 346 valence electrons. The van der Waals surface area contributed by atoms with Gasteiger partial charge in [-0.2, -0.15) is 0 Å². The molecule has 2 unspecified atom stereocenters. The standard InChI is InChI=1S/C31H45NO3.C26H38O2/c1-8-31(9-2,24-12-10-23(21(3)18-24)11-16-28(33)30(5,6)7)25-13-15-27(22(4)19-25)35-20-26-14-17-29(34)32-26;1-8-26(9-2,22-13-14-23(27)19(4)17-22)21-12-10-20(18(3)16-21)11-15-24(28)25(5,6)7/h10,12-13,15,18-19,26,28,33H,8-9,11,14,16-17,20H2,1-7H3,(H,32,34);10,12-14,16-17,24,27-28H,8-9,11,15H2,1-7H3/t26-,28?;/m1./s1. The summed E-state index contributed by atoms with van der Waals surface area (Å²) in [4.78, 5) is 11.5. The van der Waals surface area contributed by atoms with Crippen molar-refractivity contribution in [2.75, 3.05) is 6.61 Å². The van der Waals surface area contributed by atoms with Gasteiger partial charge in [0.1, 0.15) is 18.1 Å². The smallest absolute Gasteiger partial charge is 0.220 e. The van der Waals surface area contributed by atoms with Crippen LogP contribution in [0.1, 0.15) is 176 Å². The van der Waals surface area contributed by atoms with Crippen molar-refractivity contribution in [3.05, 3.63) is 128 Å². The number of nitrogens with one attached hydrogen (secondary N) is 1. The van der Waals surface area contributed by atoms with Crippen LogP contribution in [0.2, 0.25) is 0 Å². The topological polar surface area (TPSA) is 99.0 Å². The van der Waals surface area contributed by atoms with Gasteiger partial charge in [-0.15, -0.1) is 0 Å². The number of amides is 1. The van der Waals surface area contributed by atoms with E-state index in [0.717, 1.165) is 74.7 Å². The Hall–Kier alpha value is -4.13. The van der Waals surface area contributed by atoms with Crippen molar-refractivity contribution in [2.24, 2.45) is 10.8 Å². The van der Waals surface area contributed by atoms with Crippen LogP contribution in [-0.2, 0) is 28.5 Å². The molecule has 4 aromatic rings. The summed E-state index contributed by atoms with van der Waals surface area (Å²) in [5.74, 6) is 1.36. The summed E-state index contributed by atoms with van der Waals surface area (Å²) in [6.07, 6.45) is 8.23. The third kappa shape index (κ3) is 12.6. The average molecular weight is 862 g/mol. The number of hydrogen-bond acceptors (Lipinski definition) is 5. The molecule has 1 saturated heterocycles. The number of aromatic hydroxyl groups is 1. The first kappa shape index (κ1) is 51.5. The van der Waals surface area contributed by atoms with Crippen LogP contribution in [0.25, 0.3) is 0 Å². The van der Waals surface area contributed by atoms with Crippen molar-refractivity contribution in [3.8, 4) is 11.5 Å². The van der Waals surface area contributed by atoms with Gasteiger partial charge in [0.15, 0.2) is 0 Å². The molecule has 63 heavy (non-hydrogen) atoms. The van der Waals surface area contributed by atoms with E-state index in [2.05, 4.69) is 162 Å². The molecule has 4 N–H and O–H groups in total. The number of hydrogen-bond donors (Lipinski definition) is 4. The SMILES string of the molecule is CCC(CC)(c1ccc(CCC(O)C(C)(C)C)c(C)c1)c1ccc(OC[C@H]2CCC(=O)N2)c(C)c1.CCC(CC)(c1ccc(O)c(C)c1)c1ccc(CCC(O)C(C)(C)C)c(C)c1. The van der Waals surface area contributed by atoms with Crippen LogP contribution in [0.15, 0.2) is 72.8 Å². The number of carbonyl (C=O) groups excluding carboxylic acids is 1. The molecular formula is C57H83NO5. The fraction of sp³-hybridized carbons (Fsp3) is 0.561. The van der Waals surface area contributed by atoms with Gasteiger partial charge in [-0.25, -0.2) is 0 Å². The van der Waals surface area contributed by atoms with Crippen molar-refractivity contribution in [1.82, 2.24) is 5.32 Å². The molecule has 0 saturated carbocycles. The Morgan fingerprint density at radius 1 is 0.603 bits per heavy atom. The fourth-order valence-corrected chi connectivity index (χ4v) is 9.52. The molecule has 1 heterocycles. The molecule has 0 aromatic heterocycles. The first-order valence-electron chi connectivity index (χ1n) is 23.9. The van der Waals surface area contributed by atoms with E-state index in [1.54, 1.807) is 0 Å². The van der Waals surface area contributed by atoms with Gasteiger partial charge < -0.3 is 25.4 Å². The van der Waals surface area contributed by atoms with Crippen LogP contribution in [0.3, 0.4) is 0 Å². The van der Waals surface area contributed by atoms with Crippen molar-refractivity contribution < 1.29 is 24.9 Å². The number of aryl methyl sites for hydroxylation is 6. The molecule has 1 aliphatic rings. The Bertz CT molecular complexity index is 2110. The number of phenolic OH excluding ortho intramolecular Hbond substituents is 1. The van der Waals surface area contributed by atoms with E-state index in [9.17, 15) is 20.1 Å². The van der Waals surface area contributed by atoms with Crippen LogP contribution >= 0.6 is 0 Å². The predicted molar refractivity (Wildman–Crippen MR) is 263 cm³/mol. The molecule has 0 bridgehead atoms. The quantitative estimate of drug-likeness (QED) is 0.0847. The highest BCUT2D eigenvalue weighted by Crippen LogP contribution is 2.43. The third-order valence-corrected chi connectivity index (χ3v) is 14.6. The van der Waals surface area contributed by atoms with Crippen molar-refractivity contribution in [3.63, 3.8) is 0 Å². The summed E-state index contributed by atoms with van der Waals surface area (Å²) in [6, 6.07) is 26.5. The maximum atomic E-state index is 11.5. The first-order valence-corrected chi connectivity index (χ1v) is 23.9. The number of benzene rings is 4. The van der Waals surface area contributed by atoms with Crippen LogP contribution in [0, 0.1) is 38.5 Å². The second kappa shape index (κ2) is 21.7. The summed E-state index contributed by atoms with van der Waals surface area (Å²) in [6.45, 7) is 30.5. The number of aliphatic hydroxyl groups is 2. The zero-order chi connectivity index (χ0) is 46.9.